The average Bonchev–Trinajstić information content (AvgIpc) is 2.43. The van der Waals surface area contributed by atoms with Gasteiger partial charge in [0.25, 0.3) is 0 Å². The van der Waals surface area contributed by atoms with Crippen molar-refractivity contribution >= 4 is 23.8 Å². The first-order valence-corrected chi connectivity index (χ1v) is 8.14. The van der Waals surface area contributed by atoms with Crippen LogP contribution in [0.3, 0.4) is 0 Å². The zero-order chi connectivity index (χ0) is 16.3. The Hall–Kier alpha value is -0.990. The summed E-state index contributed by atoms with van der Waals surface area (Å²) in [5.41, 5.74) is 0. The van der Waals surface area contributed by atoms with Crippen molar-refractivity contribution in [2.75, 3.05) is 46.0 Å². The Kier molecular flexibility index (Phi) is 11.1. The van der Waals surface area contributed by atoms with Gasteiger partial charge in [-0.2, -0.15) is 11.8 Å². The van der Waals surface area contributed by atoms with Crippen LogP contribution in [0.25, 0.3) is 0 Å². The van der Waals surface area contributed by atoms with Crippen LogP contribution in [0.2, 0.25) is 0 Å². The number of hydrogen-bond acceptors (Lipinski definition) is 5. The molecular formula is C13H26N2O5S. The molecule has 0 rings (SSSR count). The second-order valence-electron chi connectivity index (χ2n) is 4.61. The summed E-state index contributed by atoms with van der Waals surface area (Å²) in [5.74, 6) is -0.355. The van der Waals surface area contributed by atoms with Gasteiger partial charge in [0.1, 0.15) is 6.04 Å². The third-order valence-electron chi connectivity index (χ3n) is 2.94. The minimum atomic E-state index is -1.02. The standard InChI is InChI=1S/C13H26N2O5S/c1-10(9-20-3)15(6-7-19-2)13(18)14-11(12(16)17)5-8-21-4/h10-11H,5-9H2,1-4H3,(H,14,18)(H,16,17)/t10?,11-/m1/s1. The van der Waals surface area contributed by atoms with Crippen LogP contribution in [0.4, 0.5) is 4.79 Å². The van der Waals surface area contributed by atoms with Gasteiger partial charge in [0.2, 0.25) is 0 Å². The molecule has 2 N–H and O–H groups in total. The van der Waals surface area contributed by atoms with Gasteiger partial charge >= 0.3 is 12.0 Å². The lowest BCUT2D eigenvalue weighted by Gasteiger charge is -2.30. The van der Waals surface area contributed by atoms with E-state index < -0.39 is 18.0 Å². The van der Waals surface area contributed by atoms with Crippen molar-refractivity contribution < 1.29 is 24.2 Å². The SMILES string of the molecule is COCCN(C(=O)N[C@H](CCSC)C(=O)O)C(C)COC. The van der Waals surface area contributed by atoms with Gasteiger partial charge in [-0.15, -0.1) is 0 Å². The van der Waals surface area contributed by atoms with Crippen LogP contribution in [-0.4, -0.2) is 80.1 Å². The summed E-state index contributed by atoms with van der Waals surface area (Å²) in [6.45, 7) is 2.97. The molecule has 0 aliphatic heterocycles. The smallest absolute Gasteiger partial charge is 0.326 e. The van der Waals surface area contributed by atoms with Crippen LogP contribution in [0.5, 0.6) is 0 Å². The normalized spacial score (nSPS) is 13.5. The first kappa shape index (κ1) is 20.0. The fourth-order valence-corrected chi connectivity index (χ4v) is 2.24. The molecule has 0 fully saturated rings. The van der Waals surface area contributed by atoms with Crippen molar-refractivity contribution in [2.24, 2.45) is 0 Å². The number of aliphatic carboxylic acids is 1. The highest BCUT2D eigenvalue weighted by Crippen LogP contribution is 2.05. The molecule has 0 heterocycles. The number of rotatable bonds is 11. The quantitative estimate of drug-likeness (QED) is 0.587. The Bertz CT molecular complexity index is 317. The van der Waals surface area contributed by atoms with Gasteiger partial charge in [0.15, 0.2) is 0 Å². The van der Waals surface area contributed by atoms with E-state index in [4.69, 9.17) is 14.6 Å². The summed E-state index contributed by atoms with van der Waals surface area (Å²) in [6.07, 6.45) is 2.28. The second-order valence-corrected chi connectivity index (χ2v) is 5.60. The first-order chi connectivity index (χ1) is 9.97. The highest BCUT2D eigenvalue weighted by atomic mass is 32.2. The number of thioether (sulfide) groups is 1. The van der Waals surface area contributed by atoms with E-state index in [1.807, 2.05) is 13.2 Å². The Morgan fingerprint density at radius 3 is 2.48 bits per heavy atom. The predicted octanol–water partition coefficient (Wildman–Crippen LogP) is 0.886. The second kappa shape index (κ2) is 11.6. The number of carbonyl (C=O) groups excluding carboxylic acids is 1. The lowest BCUT2D eigenvalue weighted by Crippen LogP contribution is -2.52. The molecule has 0 saturated heterocycles. The monoisotopic (exact) mass is 322 g/mol. The minimum Gasteiger partial charge on any atom is -0.480 e. The molecule has 0 aliphatic rings. The van der Waals surface area contributed by atoms with E-state index in [9.17, 15) is 9.59 Å². The van der Waals surface area contributed by atoms with Crippen molar-refractivity contribution in [3.8, 4) is 0 Å². The molecular weight excluding hydrogens is 296 g/mol. The van der Waals surface area contributed by atoms with E-state index in [2.05, 4.69) is 5.32 Å². The van der Waals surface area contributed by atoms with Crippen LogP contribution in [-0.2, 0) is 14.3 Å². The maximum Gasteiger partial charge on any atom is 0.326 e. The lowest BCUT2D eigenvalue weighted by molar-refractivity contribution is -0.139. The molecule has 2 amide bonds. The molecule has 0 aromatic heterocycles. The van der Waals surface area contributed by atoms with Crippen LogP contribution in [0.1, 0.15) is 13.3 Å². The highest BCUT2D eigenvalue weighted by Gasteiger charge is 2.25. The molecule has 0 saturated carbocycles. The molecule has 0 bridgehead atoms. The highest BCUT2D eigenvalue weighted by molar-refractivity contribution is 7.98. The summed E-state index contributed by atoms with van der Waals surface area (Å²) in [7, 11) is 3.11. The zero-order valence-electron chi connectivity index (χ0n) is 13.1. The molecule has 0 aromatic carbocycles. The third kappa shape index (κ3) is 8.13. The number of urea groups is 1. The van der Waals surface area contributed by atoms with Crippen LogP contribution in [0.15, 0.2) is 0 Å². The summed E-state index contributed by atoms with van der Waals surface area (Å²) in [5, 5.41) is 11.7. The number of carbonyl (C=O) groups is 2. The van der Waals surface area contributed by atoms with E-state index >= 15 is 0 Å². The summed E-state index contributed by atoms with van der Waals surface area (Å²) in [4.78, 5) is 25.0. The van der Waals surface area contributed by atoms with Crippen LogP contribution < -0.4 is 5.32 Å². The Morgan fingerprint density at radius 1 is 1.33 bits per heavy atom. The van der Waals surface area contributed by atoms with E-state index in [0.29, 0.717) is 31.9 Å². The predicted molar refractivity (Wildman–Crippen MR) is 82.9 cm³/mol. The van der Waals surface area contributed by atoms with Crippen molar-refractivity contribution in [1.82, 2.24) is 10.2 Å². The molecule has 21 heavy (non-hydrogen) atoms. The van der Waals surface area contributed by atoms with E-state index in [1.165, 1.54) is 4.90 Å². The van der Waals surface area contributed by atoms with Crippen molar-refractivity contribution in [1.29, 1.82) is 0 Å². The van der Waals surface area contributed by atoms with Gasteiger partial charge in [0.05, 0.1) is 19.3 Å². The summed E-state index contributed by atoms with van der Waals surface area (Å²) in [6, 6.07) is -1.46. The maximum absolute atomic E-state index is 12.3. The topological polar surface area (TPSA) is 88.1 Å². The maximum atomic E-state index is 12.3. The Balaban J connectivity index is 4.70. The number of ether oxygens (including phenoxy) is 2. The number of nitrogens with zero attached hydrogens (tertiary/aromatic N) is 1. The molecule has 0 radical (unpaired) electrons. The minimum absolute atomic E-state index is 0.167. The van der Waals surface area contributed by atoms with Crippen LogP contribution in [0, 0.1) is 0 Å². The largest absolute Gasteiger partial charge is 0.480 e. The number of carboxylic acid groups (broad SMARTS) is 1. The van der Waals surface area contributed by atoms with Crippen LogP contribution >= 0.6 is 11.8 Å². The van der Waals surface area contributed by atoms with E-state index in [0.717, 1.165) is 0 Å². The fourth-order valence-electron chi connectivity index (χ4n) is 1.77. The molecule has 8 heteroatoms. The molecule has 0 aromatic rings. The fraction of sp³-hybridized carbons (Fsp3) is 0.846. The number of carboxylic acids is 1. The van der Waals surface area contributed by atoms with Gasteiger partial charge in [0, 0.05) is 20.8 Å². The molecule has 7 nitrogen and oxygen atoms in total. The Labute approximate surface area is 130 Å². The first-order valence-electron chi connectivity index (χ1n) is 6.74. The van der Waals surface area contributed by atoms with Gasteiger partial charge in [-0.3, -0.25) is 0 Å². The molecule has 0 spiro atoms. The molecule has 124 valence electrons. The zero-order valence-corrected chi connectivity index (χ0v) is 13.9. The number of nitrogens with one attached hydrogen (secondary N) is 1. The van der Waals surface area contributed by atoms with E-state index in [1.54, 1.807) is 26.0 Å². The molecule has 1 unspecified atom stereocenters. The average molecular weight is 322 g/mol. The van der Waals surface area contributed by atoms with Gasteiger partial charge < -0.3 is 24.8 Å². The number of amides is 2. The third-order valence-corrected chi connectivity index (χ3v) is 3.59. The van der Waals surface area contributed by atoms with Gasteiger partial charge in [-0.05, 0) is 25.4 Å². The van der Waals surface area contributed by atoms with Gasteiger partial charge in [-0.1, -0.05) is 0 Å². The van der Waals surface area contributed by atoms with E-state index in [-0.39, 0.29) is 6.04 Å². The summed E-state index contributed by atoms with van der Waals surface area (Å²) >= 11 is 1.54. The molecule has 0 aliphatic carbocycles. The lowest BCUT2D eigenvalue weighted by atomic mass is 10.2. The van der Waals surface area contributed by atoms with Crippen molar-refractivity contribution in [3.05, 3.63) is 0 Å². The number of methoxy groups -OCH3 is 2. The van der Waals surface area contributed by atoms with Crippen molar-refractivity contribution in [2.45, 2.75) is 25.4 Å². The van der Waals surface area contributed by atoms with Gasteiger partial charge in [-0.25, -0.2) is 9.59 Å². The summed E-state index contributed by atoms with van der Waals surface area (Å²) < 4.78 is 10.0. The number of hydrogen-bond donors (Lipinski definition) is 2. The Morgan fingerprint density at radius 2 is 2.00 bits per heavy atom. The molecule has 2 atom stereocenters. The van der Waals surface area contributed by atoms with Crippen molar-refractivity contribution in [3.63, 3.8) is 0 Å².